The second-order valence-electron chi connectivity index (χ2n) is 4.83. The van der Waals surface area contributed by atoms with Crippen LogP contribution in [0.15, 0.2) is 0 Å². The third-order valence-corrected chi connectivity index (χ3v) is 3.88. The zero-order valence-corrected chi connectivity index (χ0v) is 12.3. The summed E-state index contributed by atoms with van der Waals surface area (Å²) in [4.78, 5) is 26.0. The Morgan fingerprint density at radius 1 is 1.24 bits per heavy atom. The summed E-state index contributed by atoms with van der Waals surface area (Å²) in [7, 11) is -4.21. The molecule has 0 radical (unpaired) electrons. The maximum atomic E-state index is 11.7. The van der Waals surface area contributed by atoms with Crippen molar-refractivity contribution in [3.63, 3.8) is 0 Å². The summed E-state index contributed by atoms with van der Waals surface area (Å²) in [5, 5.41) is 9.53. The number of nitrogens with zero attached hydrogens (tertiary/aromatic N) is 2. The first-order valence-corrected chi connectivity index (χ1v) is 7.95. The number of nitrogens with two attached hydrogens (primary N) is 1. The molecule has 1 heterocycles. The number of hydrogen-bond donors (Lipinski definition) is 4. The lowest BCUT2D eigenvalue weighted by atomic mass is 10.2. The Balaban J connectivity index is 2.35. The number of carbonyl (C=O) groups excluding carboxylic acids is 2. The van der Waals surface area contributed by atoms with Gasteiger partial charge in [0.05, 0.1) is 6.10 Å². The van der Waals surface area contributed by atoms with E-state index in [9.17, 15) is 23.1 Å². The van der Waals surface area contributed by atoms with Gasteiger partial charge in [0.2, 0.25) is 11.8 Å². The zero-order valence-electron chi connectivity index (χ0n) is 11.4. The lowest BCUT2D eigenvalue weighted by molar-refractivity contribution is -0.137. The predicted octanol–water partition coefficient (Wildman–Crippen LogP) is -3.24. The summed E-state index contributed by atoms with van der Waals surface area (Å²) >= 11 is 0. The van der Waals surface area contributed by atoms with Gasteiger partial charge in [-0.1, -0.05) is 0 Å². The predicted molar refractivity (Wildman–Crippen MR) is 72.4 cm³/mol. The standard InChI is InChI=1S/C10H20N4O6S/c11-12-9(16)5-10(17)14-3-1-13(2-4-14)6-8(15)7-21(18,19)20/h8,15H,1-7,11H2,(H,12,16)(H,18,19,20). The van der Waals surface area contributed by atoms with Crippen LogP contribution in [-0.4, -0.2) is 84.3 Å². The summed E-state index contributed by atoms with van der Waals surface area (Å²) in [5.74, 6) is 3.28. The molecule has 0 saturated carbocycles. The molecule has 0 aliphatic carbocycles. The summed E-state index contributed by atoms with van der Waals surface area (Å²) in [5.41, 5.74) is 1.88. The molecule has 21 heavy (non-hydrogen) atoms. The minimum absolute atomic E-state index is 0.0884. The molecule has 1 aliphatic heterocycles. The molecule has 5 N–H and O–H groups in total. The quantitative estimate of drug-likeness (QED) is 0.131. The van der Waals surface area contributed by atoms with Gasteiger partial charge in [-0.3, -0.25) is 24.5 Å². The molecular formula is C10H20N4O6S. The number of aliphatic hydroxyl groups is 1. The van der Waals surface area contributed by atoms with Crippen molar-refractivity contribution in [3.8, 4) is 0 Å². The van der Waals surface area contributed by atoms with Gasteiger partial charge in [0.15, 0.2) is 0 Å². The van der Waals surface area contributed by atoms with E-state index in [0.717, 1.165) is 0 Å². The summed E-state index contributed by atoms with van der Waals surface area (Å²) < 4.78 is 29.9. The highest BCUT2D eigenvalue weighted by Gasteiger charge is 2.24. The minimum atomic E-state index is -4.21. The van der Waals surface area contributed by atoms with Crippen molar-refractivity contribution in [1.29, 1.82) is 0 Å². The zero-order chi connectivity index (χ0) is 16.0. The molecule has 1 atom stereocenters. The highest BCUT2D eigenvalue weighted by atomic mass is 32.2. The van der Waals surface area contributed by atoms with Crippen molar-refractivity contribution >= 4 is 21.9 Å². The van der Waals surface area contributed by atoms with Crippen molar-refractivity contribution in [2.24, 2.45) is 5.84 Å². The van der Waals surface area contributed by atoms with E-state index < -0.39 is 27.9 Å². The van der Waals surface area contributed by atoms with Gasteiger partial charge in [0, 0.05) is 32.7 Å². The normalized spacial score (nSPS) is 18.3. The Morgan fingerprint density at radius 3 is 2.29 bits per heavy atom. The summed E-state index contributed by atoms with van der Waals surface area (Å²) in [6, 6.07) is 0. The topological polar surface area (TPSA) is 153 Å². The number of hydrazine groups is 1. The summed E-state index contributed by atoms with van der Waals surface area (Å²) in [6.07, 6.45) is -1.51. The van der Waals surface area contributed by atoms with Crippen LogP contribution in [0.4, 0.5) is 0 Å². The van der Waals surface area contributed by atoms with Crippen LogP contribution < -0.4 is 11.3 Å². The molecule has 1 unspecified atom stereocenters. The highest BCUT2D eigenvalue weighted by molar-refractivity contribution is 7.85. The maximum Gasteiger partial charge on any atom is 0.267 e. The smallest absolute Gasteiger partial charge is 0.267 e. The van der Waals surface area contributed by atoms with Gasteiger partial charge in [-0.05, 0) is 0 Å². The van der Waals surface area contributed by atoms with E-state index >= 15 is 0 Å². The van der Waals surface area contributed by atoms with Crippen molar-refractivity contribution in [2.75, 3.05) is 38.5 Å². The number of hydrogen-bond acceptors (Lipinski definition) is 7. The Labute approximate surface area is 122 Å². The fourth-order valence-electron chi connectivity index (χ4n) is 2.07. The molecule has 1 rings (SSSR count). The molecule has 122 valence electrons. The van der Waals surface area contributed by atoms with Gasteiger partial charge in [-0.15, -0.1) is 0 Å². The fraction of sp³-hybridized carbons (Fsp3) is 0.800. The van der Waals surface area contributed by atoms with Gasteiger partial charge in [0.1, 0.15) is 12.2 Å². The molecule has 0 aromatic rings. The van der Waals surface area contributed by atoms with E-state index in [1.165, 1.54) is 4.90 Å². The van der Waals surface area contributed by atoms with Crippen LogP contribution in [0.25, 0.3) is 0 Å². The molecule has 0 bridgehead atoms. The minimum Gasteiger partial charge on any atom is -0.391 e. The average molecular weight is 324 g/mol. The lowest BCUT2D eigenvalue weighted by Crippen LogP contribution is -2.51. The average Bonchev–Trinajstić information content (AvgIpc) is 2.36. The van der Waals surface area contributed by atoms with E-state index in [1.807, 2.05) is 5.43 Å². The number of piperazine rings is 1. The number of aliphatic hydroxyl groups excluding tert-OH is 1. The van der Waals surface area contributed by atoms with Gasteiger partial charge in [0.25, 0.3) is 10.1 Å². The van der Waals surface area contributed by atoms with Crippen LogP contribution in [0.3, 0.4) is 0 Å². The Bertz CT molecular complexity index is 474. The van der Waals surface area contributed by atoms with E-state index in [0.29, 0.717) is 26.2 Å². The molecule has 2 amide bonds. The van der Waals surface area contributed by atoms with E-state index in [-0.39, 0.29) is 18.9 Å². The van der Waals surface area contributed by atoms with Crippen molar-refractivity contribution < 1.29 is 27.7 Å². The Hall–Kier alpha value is -1.27. The van der Waals surface area contributed by atoms with Gasteiger partial charge < -0.3 is 10.0 Å². The monoisotopic (exact) mass is 324 g/mol. The number of amides is 2. The summed E-state index contributed by atoms with van der Waals surface area (Å²) in [6.45, 7) is 1.71. The fourth-order valence-corrected chi connectivity index (χ4v) is 2.67. The van der Waals surface area contributed by atoms with Crippen LogP contribution in [0, 0.1) is 0 Å². The molecule has 0 aromatic heterocycles. The molecule has 0 spiro atoms. The molecule has 10 nitrogen and oxygen atoms in total. The van der Waals surface area contributed by atoms with Gasteiger partial charge in [-0.25, -0.2) is 5.84 Å². The highest BCUT2D eigenvalue weighted by Crippen LogP contribution is 2.05. The number of carbonyl (C=O) groups is 2. The number of nitrogens with one attached hydrogen (secondary N) is 1. The molecule has 1 fully saturated rings. The first-order valence-electron chi connectivity index (χ1n) is 6.34. The Morgan fingerprint density at radius 2 is 1.81 bits per heavy atom. The maximum absolute atomic E-state index is 11.7. The van der Waals surface area contributed by atoms with E-state index in [2.05, 4.69) is 0 Å². The van der Waals surface area contributed by atoms with Crippen LogP contribution in [0.1, 0.15) is 6.42 Å². The Kier molecular flexibility index (Phi) is 6.48. The largest absolute Gasteiger partial charge is 0.391 e. The first kappa shape index (κ1) is 17.8. The van der Waals surface area contributed by atoms with E-state index in [1.54, 1.807) is 4.90 Å². The molecule has 1 aliphatic rings. The second kappa shape index (κ2) is 7.66. The van der Waals surface area contributed by atoms with Crippen LogP contribution in [-0.2, 0) is 19.7 Å². The SMILES string of the molecule is NNC(=O)CC(=O)N1CCN(CC(O)CS(=O)(=O)O)CC1. The number of rotatable bonds is 6. The molecule has 1 saturated heterocycles. The van der Waals surface area contributed by atoms with Crippen LogP contribution in [0.5, 0.6) is 0 Å². The van der Waals surface area contributed by atoms with Crippen molar-refractivity contribution in [3.05, 3.63) is 0 Å². The molecular weight excluding hydrogens is 304 g/mol. The van der Waals surface area contributed by atoms with Crippen LogP contribution >= 0.6 is 0 Å². The first-order chi connectivity index (χ1) is 9.71. The van der Waals surface area contributed by atoms with Gasteiger partial charge in [-0.2, -0.15) is 8.42 Å². The molecule has 0 aromatic carbocycles. The molecule has 11 heteroatoms. The lowest BCUT2D eigenvalue weighted by Gasteiger charge is -2.35. The third kappa shape index (κ3) is 6.82. The van der Waals surface area contributed by atoms with Gasteiger partial charge >= 0.3 is 0 Å². The van der Waals surface area contributed by atoms with Crippen molar-refractivity contribution in [2.45, 2.75) is 12.5 Å². The van der Waals surface area contributed by atoms with Crippen LogP contribution in [0.2, 0.25) is 0 Å². The third-order valence-electron chi connectivity index (χ3n) is 3.07. The second-order valence-corrected chi connectivity index (χ2v) is 6.33. The number of β-amino-alcohol motifs (C(OH)–C–C–N with tert-alkyl or cyclic N) is 1. The van der Waals surface area contributed by atoms with Crippen molar-refractivity contribution in [1.82, 2.24) is 15.2 Å². The van der Waals surface area contributed by atoms with E-state index in [4.69, 9.17) is 10.4 Å².